The van der Waals surface area contributed by atoms with Crippen molar-refractivity contribution in [2.75, 3.05) is 31.2 Å². The molecule has 1 saturated heterocycles. The summed E-state index contributed by atoms with van der Waals surface area (Å²) in [7, 11) is 0. The number of rotatable bonds is 4. The monoisotopic (exact) mass is 470 g/mol. The molecule has 8 heteroatoms. The van der Waals surface area contributed by atoms with E-state index in [1.54, 1.807) is 6.07 Å². The zero-order valence-electron chi connectivity index (χ0n) is 18.4. The number of hydrogen-bond acceptors (Lipinski definition) is 6. The molecule has 0 bridgehead atoms. The minimum atomic E-state index is -0.378. The van der Waals surface area contributed by atoms with Crippen LogP contribution in [-0.2, 0) is 11.3 Å². The lowest BCUT2D eigenvalue weighted by Gasteiger charge is -2.27. The fourth-order valence-corrected chi connectivity index (χ4v) is 5.60. The van der Waals surface area contributed by atoms with E-state index in [1.807, 2.05) is 65.1 Å². The molecule has 1 amide bonds. The molecule has 5 aromatic rings. The van der Waals surface area contributed by atoms with E-state index < -0.39 is 0 Å². The summed E-state index contributed by atoms with van der Waals surface area (Å²) >= 11 is 1.44. The number of nitrogens with zero attached hydrogens (tertiary/aromatic N) is 3. The Bertz CT molecular complexity index is 1590. The van der Waals surface area contributed by atoms with Crippen LogP contribution in [0.2, 0.25) is 0 Å². The van der Waals surface area contributed by atoms with E-state index in [2.05, 4.69) is 10.2 Å². The zero-order valence-corrected chi connectivity index (χ0v) is 19.2. The normalized spacial score (nSPS) is 14.2. The maximum atomic E-state index is 13.6. The first-order valence-corrected chi connectivity index (χ1v) is 12.0. The maximum absolute atomic E-state index is 13.6. The summed E-state index contributed by atoms with van der Waals surface area (Å²) in [5.74, 6) is 0.428. The second-order valence-electron chi connectivity index (χ2n) is 8.22. The van der Waals surface area contributed by atoms with Crippen LogP contribution in [0.4, 0.5) is 5.82 Å². The average molecular weight is 471 g/mol. The van der Waals surface area contributed by atoms with Crippen LogP contribution in [0.3, 0.4) is 0 Å². The first kappa shape index (κ1) is 20.8. The predicted octanol–water partition coefficient (Wildman–Crippen LogP) is 3.83. The largest absolute Gasteiger partial charge is 0.378 e. The Hall–Kier alpha value is -3.75. The number of anilines is 1. The average Bonchev–Trinajstić information content (AvgIpc) is 3.27. The van der Waals surface area contributed by atoms with Gasteiger partial charge in [-0.2, -0.15) is 0 Å². The number of aromatic nitrogens is 2. The number of benzene rings is 2. The van der Waals surface area contributed by atoms with Crippen molar-refractivity contribution in [3.63, 3.8) is 0 Å². The number of thiazole rings is 1. The summed E-state index contributed by atoms with van der Waals surface area (Å²) in [5.41, 5.74) is 2.33. The van der Waals surface area contributed by atoms with Crippen molar-refractivity contribution >= 4 is 49.1 Å². The molecule has 6 rings (SSSR count). The number of ether oxygens (including phenoxy) is 1. The molecule has 0 saturated carbocycles. The number of amides is 1. The number of carbonyl (C=O) groups is 1. The lowest BCUT2D eigenvalue weighted by molar-refractivity contribution is 0.0951. The second kappa shape index (κ2) is 8.55. The highest BCUT2D eigenvalue weighted by Crippen LogP contribution is 2.31. The smallest absolute Gasteiger partial charge is 0.258 e. The van der Waals surface area contributed by atoms with Crippen LogP contribution in [0.25, 0.3) is 26.1 Å². The molecule has 0 aliphatic carbocycles. The summed E-state index contributed by atoms with van der Waals surface area (Å²) in [6.07, 6.45) is 0. The lowest BCUT2D eigenvalue weighted by atomic mass is 10.1. The van der Waals surface area contributed by atoms with Gasteiger partial charge >= 0.3 is 0 Å². The summed E-state index contributed by atoms with van der Waals surface area (Å²) in [5, 5.41) is 3.37. The summed E-state index contributed by atoms with van der Waals surface area (Å²) in [6.45, 7) is 3.15. The molecule has 0 atom stereocenters. The van der Waals surface area contributed by atoms with Crippen LogP contribution >= 0.6 is 11.3 Å². The molecule has 1 fully saturated rings. The van der Waals surface area contributed by atoms with Gasteiger partial charge in [-0.15, -0.1) is 11.3 Å². The minimum Gasteiger partial charge on any atom is -0.378 e. The molecule has 1 aliphatic heterocycles. The van der Waals surface area contributed by atoms with Gasteiger partial charge in [0.2, 0.25) is 5.43 Å². The SMILES string of the molecule is O=C(NCc1ccccc1)c1c(=O)c2ccc(N3CCOCC3)nc2n2c1sc1ccccc12. The van der Waals surface area contributed by atoms with Crippen LogP contribution in [0, 0.1) is 0 Å². The molecule has 7 nitrogen and oxygen atoms in total. The molecule has 0 unspecified atom stereocenters. The Labute approximate surface area is 199 Å². The number of hydrogen-bond donors (Lipinski definition) is 1. The molecule has 1 aliphatic rings. The predicted molar refractivity (Wildman–Crippen MR) is 135 cm³/mol. The van der Waals surface area contributed by atoms with Crippen molar-refractivity contribution in [2.24, 2.45) is 0 Å². The topological polar surface area (TPSA) is 75.9 Å². The van der Waals surface area contributed by atoms with Crippen molar-refractivity contribution in [1.29, 1.82) is 0 Å². The van der Waals surface area contributed by atoms with Crippen molar-refractivity contribution in [3.8, 4) is 0 Å². The van der Waals surface area contributed by atoms with Gasteiger partial charge in [-0.3, -0.25) is 14.0 Å². The molecule has 3 aromatic heterocycles. The number of fused-ring (bicyclic) bond motifs is 5. The lowest BCUT2D eigenvalue weighted by Crippen LogP contribution is -2.36. The Kier molecular flexibility index (Phi) is 5.24. The minimum absolute atomic E-state index is 0.158. The van der Waals surface area contributed by atoms with Crippen molar-refractivity contribution < 1.29 is 9.53 Å². The van der Waals surface area contributed by atoms with Gasteiger partial charge in [0, 0.05) is 19.6 Å². The molecular weight excluding hydrogens is 448 g/mol. The van der Waals surface area contributed by atoms with Gasteiger partial charge in [0.1, 0.15) is 16.2 Å². The quantitative estimate of drug-likeness (QED) is 0.432. The third-order valence-electron chi connectivity index (χ3n) is 6.13. The van der Waals surface area contributed by atoms with Crippen molar-refractivity contribution in [2.45, 2.75) is 6.54 Å². The van der Waals surface area contributed by atoms with E-state index in [0.717, 1.165) is 34.7 Å². The summed E-state index contributed by atoms with van der Waals surface area (Å²) in [4.78, 5) is 34.6. The third-order valence-corrected chi connectivity index (χ3v) is 7.28. The molecule has 0 spiro atoms. The molecule has 2 aromatic carbocycles. The number of nitrogens with one attached hydrogen (secondary N) is 1. The van der Waals surface area contributed by atoms with Crippen LogP contribution in [0.5, 0.6) is 0 Å². The highest BCUT2D eigenvalue weighted by atomic mass is 32.1. The Morgan fingerprint density at radius 3 is 2.59 bits per heavy atom. The van der Waals surface area contributed by atoms with Crippen LogP contribution in [0.15, 0.2) is 71.5 Å². The molecule has 4 heterocycles. The fraction of sp³-hybridized carbons (Fsp3) is 0.192. The summed E-state index contributed by atoms with van der Waals surface area (Å²) in [6, 6.07) is 21.2. The van der Waals surface area contributed by atoms with Crippen LogP contribution < -0.4 is 15.6 Å². The highest BCUT2D eigenvalue weighted by Gasteiger charge is 2.23. The molecular formula is C26H22N4O3S. The van der Waals surface area contributed by atoms with E-state index >= 15 is 0 Å². The van der Waals surface area contributed by atoms with Crippen molar-refractivity contribution in [3.05, 3.63) is 88.1 Å². The molecule has 0 radical (unpaired) electrons. The van der Waals surface area contributed by atoms with Gasteiger partial charge in [0.25, 0.3) is 5.91 Å². The van der Waals surface area contributed by atoms with Gasteiger partial charge in [0.05, 0.1) is 28.8 Å². The number of carbonyl (C=O) groups excluding carboxylic acids is 1. The van der Waals surface area contributed by atoms with E-state index in [-0.39, 0.29) is 16.9 Å². The Balaban J connectivity index is 1.54. The Morgan fingerprint density at radius 1 is 1.00 bits per heavy atom. The van der Waals surface area contributed by atoms with Gasteiger partial charge in [-0.25, -0.2) is 4.98 Å². The van der Waals surface area contributed by atoms with Crippen molar-refractivity contribution in [1.82, 2.24) is 14.7 Å². The number of para-hydroxylation sites is 1. The van der Waals surface area contributed by atoms with Crippen LogP contribution in [-0.4, -0.2) is 41.6 Å². The van der Waals surface area contributed by atoms with E-state index in [0.29, 0.717) is 35.6 Å². The first-order valence-electron chi connectivity index (χ1n) is 11.2. The summed E-state index contributed by atoms with van der Waals surface area (Å²) < 4.78 is 8.42. The second-order valence-corrected chi connectivity index (χ2v) is 9.25. The molecule has 170 valence electrons. The first-order chi connectivity index (χ1) is 16.7. The Morgan fingerprint density at radius 2 is 1.76 bits per heavy atom. The van der Waals surface area contributed by atoms with E-state index in [1.165, 1.54) is 11.3 Å². The van der Waals surface area contributed by atoms with E-state index in [4.69, 9.17) is 9.72 Å². The standard InChI is InChI=1S/C26H22N4O3S/c31-23-18-10-11-21(29-12-14-33-15-13-29)28-24(18)30-19-8-4-5-9-20(19)34-26(30)22(23)25(32)27-16-17-6-2-1-3-7-17/h1-11H,12-16H2,(H,27,32). The number of morpholine rings is 1. The zero-order chi connectivity index (χ0) is 23.1. The van der Waals surface area contributed by atoms with E-state index in [9.17, 15) is 9.59 Å². The highest BCUT2D eigenvalue weighted by molar-refractivity contribution is 7.24. The van der Waals surface area contributed by atoms with Gasteiger partial charge in [-0.1, -0.05) is 42.5 Å². The van der Waals surface area contributed by atoms with Gasteiger partial charge < -0.3 is 15.0 Å². The fourth-order valence-electron chi connectivity index (χ4n) is 4.41. The third kappa shape index (κ3) is 3.52. The van der Waals surface area contributed by atoms with Crippen LogP contribution in [0.1, 0.15) is 15.9 Å². The molecule has 34 heavy (non-hydrogen) atoms. The van der Waals surface area contributed by atoms with Gasteiger partial charge in [0.15, 0.2) is 5.65 Å². The van der Waals surface area contributed by atoms with Gasteiger partial charge in [-0.05, 0) is 29.8 Å². The molecule has 1 N–H and O–H groups in total. The number of pyridine rings is 2. The maximum Gasteiger partial charge on any atom is 0.258 e.